The average Bonchev–Trinajstić information content (AvgIpc) is 3.71. The Kier molecular flexibility index (Phi) is 19.4. The van der Waals surface area contributed by atoms with Crippen LogP contribution in [0.25, 0.3) is 11.2 Å². The first kappa shape index (κ1) is 50.4. The van der Waals surface area contributed by atoms with E-state index >= 15 is 0 Å². The number of allylic oxidation sites excluding steroid dienone is 4. The highest BCUT2D eigenvalue weighted by Crippen LogP contribution is 2.56. The molecule has 2 aromatic heterocycles. The SMILES string of the molecule is CC/C=C\CC/C=C/CC(=O)SCCNC(=O)CCNC(=O)[C@H](O)C(C)(C)COP(=O)([O-])OP(=O)([O-])OC[C@H]1O[C@@H](n2cnc3c(N)ncnc32)[C@H](O)[C@@H]1OP(=O)([O-])[O-]. The first-order valence-electron chi connectivity index (χ1n) is 17.8. The molecule has 0 aliphatic carbocycles. The van der Waals surface area contributed by atoms with Gasteiger partial charge in [0, 0.05) is 37.1 Å². The fourth-order valence-corrected chi connectivity index (χ4v) is 8.49. The van der Waals surface area contributed by atoms with Crippen LogP contribution in [-0.4, -0.2) is 103 Å². The number of nitrogens with one attached hydrogen (secondary N) is 2. The molecular weight excluding hydrogens is 867 g/mol. The summed E-state index contributed by atoms with van der Waals surface area (Å²) in [5, 5.41) is 26.2. The van der Waals surface area contributed by atoms with Crippen LogP contribution in [0.4, 0.5) is 5.82 Å². The van der Waals surface area contributed by atoms with E-state index in [1.54, 1.807) is 6.08 Å². The molecule has 0 saturated carbocycles. The van der Waals surface area contributed by atoms with Gasteiger partial charge in [0.1, 0.15) is 36.3 Å². The van der Waals surface area contributed by atoms with Gasteiger partial charge in [0.05, 0.1) is 27.4 Å². The predicted molar refractivity (Wildman–Crippen MR) is 201 cm³/mol. The molecule has 0 bridgehead atoms. The zero-order chi connectivity index (χ0) is 44.0. The third kappa shape index (κ3) is 16.8. The van der Waals surface area contributed by atoms with Crippen LogP contribution in [0, 0.1) is 5.41 Å². The topological polar surface area (TPSA) is 375 Å². The minimum Gasteiger partial charge on any atom is -0.790 e. The lowest BCUT2D eigenvalue weighted by molar-refractivity contribution is -0.347. The van der Waals surface area contributed by atoms with E-state index in [-0.39, 0.29) is 48.0 Å². The molecule has 1 aliphatic heterocycles. The quantitative estimate of drug-likeness (QED) is 0.0445. The molecule has 3 heterocycles. The Morgan fingerprint density at radius 2 is 1.71 bits per heavy atom. The molecule has 1 saturated heterocycles. The number of phosphoric acid groups is 3. The Hall–Kier alpha value is -2.96. The smallest absolute Gasteiger partial charge is 0.274 e. The van der Waals surface area contributed by atoms with Crippen LogP contribution < -0.4 is 35.9 Å². The number of amides is 2. The number of nitrogen functional groups attached to an aromatic ring is 1. The highest BCUT2D eigenvalue weighted by Gasteiger charge is 2.47. The second-order valence-electron chi connectivity index (χ2n) is 13.3. The van der Waals surface area contributed by atoms with Crippen molar-refractivity contribution in [2.75, 3.05) is 37.8 Å². The van der Waals surface area contributed by atoms with Gasteiger partial charge >= 0.3 is 0 Å². The lowest BCUT2D eigenvalue weighted by Gasteiger charge is -2.36. The molecular formula is C31H46N7O17P3S-4. The molecule has 2 aromatic rings. The predicted octanol–water partition coefficient (Wildman–Crippen LogP) is -1.17. The van der Waals surface area contributed by atoms with Crippen LogP contribution >= 0.6 is 35.2 Å². The minimum atomic E-state index is -5.92. The fourth-order valence-electron chi connectivity index (χ4n) is 5.11. The number of hydrogen-bond donors (Lipinski definition) is 5. The van der Waals surface area contributed by atoms with E-state index in [0.29, 0.717) is 5.75 Å². The molecule has 0 spiro atoms. The molecule has 0 aromatic carbocycles. The van der Waals surface area contributed by atoms with Gasteiger partial charge in [-0.05, 0) is 19.3 Å². The monoisotopic (exact) mass is 913 g/mol. The van der Waals surface area contributed by atoms with Gasteiger partial charge < -0.3 is 69.0 Å². The molecule has 24 nitrogen and oxygen atoms in total. The van der Waals surface area contributed by atoms with Gasteiger partial charge in [-0.15, -0.1) is 0 Å². The first-order chi connectivity index (χ1) is 27.6. The normalized spacial score (nSPS) is 21.4. The highest BCUT2D eigenvalue weighted by atomic mass is 32.2. The van der Waals surface area contributed by atoms with E-state index in [1.807, 2.05) is 13.0 Å². The number of aliphatic hydroxyl groups excluding tert-OH is 2. The van der Waals surface area contributed by atoms with Gasteiger partial charge in [-0.25, -0.2) is 19.3 Å². The second kappa shape index (κ2) is 22.8. The molecule has 7 atom stereocenters. The molecule has 2 amide bonds. The summed E-state index contributed by atoms with van der Waals surface area (Å²) in [5.41, 5.74) is 4.07. The molecule has 3 rings (SSSR count). The number of phosphoric ester groups is 3. The van der Waals surface area contributed by atoms with E-state index in [2.05, 4.69) is 55.6 Å². The molecule has 2 unspecified atom stereocenters. The van der Waals surface area contributed by atoms with Crippen molar-refractivity contribution >= 4 is 69.1 Å². The molecule has 1 fully saturated rings. The maximum atomic E-state index is 12.6. The molecule has 0 radical (unpaired) electrons. The Labute approximate surface area is 342 Å². The van der Waals surface area contributed by atoms with Gasteiger partial charge in [0.25, 0.3) is 15.6 Å². The number of nitrogens with two attached hydrogens (primary N) is 1. The molecule has 6 N–H and O–H groups in total. The number of aromatic nitrogens is 4. The van der Waals surface area contributed by atoms with Gasteiger partial charge in [0.2, 0.25) is 11.8 Å². The number of ether oxygens (including phenoxy) is 1. The van der Waals surface area contributed by atoms with Crippen LogP contribution in [0.15, 0.2) is 37.0 Å². The number of rotatable bonds is 25. The number of anilines is 1. The maximum Gasteiger partial charge on any atom is 0.274 e. The van der Waals surface area contributed by atoms with Crippen molar-refractivity contribution < 1.29 is 80.5 Å². The molecule has 332 valence electrons. The number of unbranched alkanes of at least 4 members (excludes halogenated alkanes) is 1. The van der Waals surface area contributed by atoms with E-state index in [9.17, 15) is 57.9 Å². The van der Waals surface area contributed by atoms with Crippen LogP contribution in [0.5, 0.6) is 0 Å². The summed E-state index contributed by atoms with van der Waals surface area (Å²) in [6, 6.07) is 0. The number of carbonyl (C=O) groups is 3. The van der Waals surface area contributed by atoms with E-state index < -0.39 is 84.6 Å². The summed E-state index contributed by atoms with van der Waals surface area (Å²) >= 11 is 1.07. The van der Waals surface area contributed by atoms with Crippen molar-refractivity contribution in [1.29, 1.82) is 0 Å². The molecule has 28 heteroatoms. The van der Waals surface area contributed by atoms with Crippen molar-refractivity contribution in [2.45, 2.75) is 83.5 Å². The summed E-state index contributed by atoms with van der Waals surface area (Å²) in [5.74, 6) is -1.21. The fraction of sp³-hybridized carbons (Fsp3) is 0.613. The summed E-state index contributed by atoms with van der Waals surface area (Å²) in [4.78, 5) is 96.2. The van der Waals surface area contributed by atoms with Crippen LogP contribution in [0.2, 0.25) is 0 Å². The lowest BCUT2D eigenvalue weighted by Crippen LogP contribution is -2.46. The summed E-state index contributed by atoms with van der Waals surface area (Å²) in [6.45, 7) is 2.15. The van der Waals surface area contributed by atoms with Crippen molar-refractivity contribution in [1.82, 2.24) is 30.2 Å². The first-order valence-corrected chi connectivity index (χ1v) is 23.2. The average molecular weight is 914 g/mol. The van der Waals surface area contributed by atoms with Crippen molar-refractivity contribution in [3.63, 3.8) is 0 Å². The van der Waals surface area contributed by atoms with Crippen LogP contribution in [0.3, 0.4) is 0 Å². The zero-order valence-electron chi connectivity index (χ0n) is 32.1. The highest BCUT2D eigenvalue weighted by molar-refractivity contribution is 8.13. The number of thioether (sulfide) groups is 1. The van der Waals surface area contributed by atoms with Crippen molar-refractivity contribution in [2.24, 2.45) is 5.41 Å². The minimum absolute atomic E-state index is 0.0215. The number of imidazole rings is 1. The Bertz CT molecular complexity index is 1950. The number of carbonyl (C=O) groups excluding carboxylic acids is 3. The Morgan fingerprint density at radius 3 is 2.39 bits per heavy atom. The summed E-state index contributed by atoms with van der Waals surface area (Å²) < 4.78 is 60.6. The third-order valence-electron chi connectivity index (χ3n) is 8.09. The zero-order valence-corrected chi connectivity index (χ0v) is 35.6. The summed E-state index contributed by atoms with van der Waals surface area (Å²) in [7, 11) is -17.6. The van der Waals surface area contributed by atoms with E-state index in [0.717, 1.165) is 48.2 Å². The third-order valence-corrected chi connectivity index (χ3v) is 12.0. The van der Waals surface area contributed by atoms with E-state index in [1.165, 1.54) is 13.8 Å². The van der Waals surface area contributed by atoms with Gasteiger partial charge in [-0.1, -0.05) is 56.8 Å². The molecule has 1 aliphatic rings. The number of fused-ring (bicyclic) bond motifs is 1. The van der Waals surface area contributed by atoms with Crippen LogP contribution in [-0.2, 0) is 50.7 Å². The molecule has 59 heavy (non-hydrogen) atoms. The lowest BCUT2D eigenvalue weighted by atomic mass is 9.87. The Morgan fingerprint density at radius 1 is 1.03 bits per heavy atom. The second-order valence-corrected chi connectivity index (χ2v) is 18.6. The maximum absolute atomic E-state index is 12.6. The standard InChI is InChI=1S/C31H50N7O17P3S/c1-4-5-6-7-8-9-10-11-22(40)59-15-14-33-21(39)12-13-34-29(43)26(42)31(2,3)17-52-58(49,50)55-57(47,48)51-16-20-25(54-56(44,45)46)24(41)30(53-20)38-19-37-23-27(32)35-18-36-28(23)38/h5-6,9-10,18-20,24-26,30,41-42H,4,7-8,11-17H2,1-3H3,(H,33,39)(H,34,43)(H,47,48)(H,49,50)(H2,32,35,36)(H2,44,45,46)/p-4/b6-5-,10-9+/t20-,24-,25-,26+,30-/m1/s1. The van der Waals surface area contributed by atoms with E-state index in [4.69, 9.17) is 10.5 Å². The van der Waals surface area contributed by atoms with Crippen molar-refractivity contribution in [3.05, 3.63) is 37.0 Å². The summed E-state index contributed by atoms with van der Waals surface area (Å²) in [6.07, 6.45) is 3.27. The number of hydrogen-bond acceptors (Lipinski definition) is 22. The van der Waals surface area contributed by atoms with Crippen LogP contribution in [0.1, 0.15) is 59.1 Å². The Balaban J connectivity index is 1.43. The number of aliphatic hydroxyl groups is 2. The van der Waals surface area contributed by atoms with Gasteiger partial charge in [0.15, 0.2) is 22.8 Å². The van der Waals surface area contributed by atoms with Gasteiger partial charge in [-0.2, -0.15) is 0 Å². The number of nitrogens with zero attached hydrogens (tertiary/aromatic N) is 4. The van der Waals surface area contributed by atoms with Crippen molar-refractivity contribution in [3.8, 4) is 0 Å². The largest absolute Gasteiger partial charge is 0.790 e. The van der Waals surface area contributed by atoms with Gasteiger partial charge in [-0.3, -0.25) is 28.1 Å².